The molecule has 2 aromatic rings. The molecule has 2 amide bonds. The molecule has 0 saturated heterocycles. The van der Waals surface area contributed by atoms with Gasteiger partial charge in [-0.2, -0.15) is 0 Å². The number of carboxylic acids is 1. The van der Waals surface area contributed by atoms with Crippen molar-refractivity contribution in [1.29, 1.82) is 0 Å². The molecule has 2 aromatic carbocycles. The molecule has 174 valence electrons. The van der Waals surface area contributed by atoms with E-state index < -0.39 is 36.9 Å². The van der Waals surface area contributed by atoms with Crippen molar-refractivity contribution in [2.75, 3.05) is 13.2 Å². The van der Waals surface area contributed by atoms with Crippen LogP contribution in [-0.4, -0.2) is 48.7 Å². The summed E-state index contributed by atoms with van der Waals surface area (Å²) in [5, 5.41) is 13.3. The van der Waals surface area contributed by atoms with Crippen LogP contribution in [0, 0.1) is 0 Å². The van der Waals surface area contributed by atoms with E-state index in [2.05, 4.69) is 10.6 Å². The second-order valence-corrected chi connectivity index (χ2v) is 7.59. The van der Waals surface area contributed by atoms with Crippen LogP contribution in [0.25, 0.3) is 11.1 Å². The minimum absolute atomic E-state index is 0.00907. The third-order valence-electron chi connectivity index (χ3n) is 5.39. The van der Waals surface area contributed by atoms with Gasteiger partial charge < -0.3 is 20.5 Å². The molecule has 1 aliphatic carbocycles. The average Bonchev–Trinajstić information content (AvgIpc) is 3.10. The highest BCUT2D eigenvalue weighted by Crippen LogP contribution is 2.44. The topological polar surface area (TPSA) is 105 Å². The third kappa shape index (κ3) is 5.94. The Morgan fingerprint density at radius 3 is 2.18 bits per heavy atom. The van der Waals surface area contributed by atoms with Gasteiger partial charge in [0.2, 0.25) is 12.3 Å². The normalized spacial score (nSPS) is 13.8. The SMILES string of the molecule is C/C(=C\CNC(=O)C(CC(F)F)NC(=O)OCC1c2ccccc2-c2ccccc21)C(=O)O. The zero-order valence-corrected chi connectivity index (χ0v) is 17.9. The molecule has 0 fully saturated rings. The molecule has 1 atom stereocenters. The highest BCUT2D eigenvalue weighted by Gasteiger charge is 2.30. The molecule has 7 nitrogen and oxygen atoms in total. The number of carboxylic acid groups (broad SMARTS) is 1. The zero-order valence-electron chi connectivity index (χ0n) is 17.9. The van der Waals surface area contributed by atoms with Crippen LogP contribution in [0.2, 0.25) is 0 Å². The molecule has 0 spiro atoms. The van der Waals surface area contributed by atoms with Gasteiger partial charge in [0.15, 0.2) is 0 Å². The summed E-state index contributed by atoms with van der Waals surface area (Å²) in [6.07, 6.45) is -3.51. The Kier molecular flexibility index (Phi) is 7.76. The number of amides is 2. The number of carbonyl (C=O) groups is 3. The number of halogens is 2. The number of ether oxygens (including phenoxy) is 1. The zero-order chi connectivity index (χ0) is 24.0. The molecule has 3 N–H and O–H groups in total. The van der Waals surface area contributed by atoms with Crippen LogP contribution < -0.4 is 10.6 Å². The van der Waals surface area contributed by atoms with Crippen molar-refractivity contribution in [3.05, 3.63) is 71.3 Å². The van der Waals surface area contributed by atoms with Gasteiger partial charge in [0.1, 0.15) is 12.6 Å². The number of nitrogens with one attached hydrogen (secondary N) is 2. The van der Waals surface area contributed by atoms with Crippen molar-refractivity contribution in [3.8, 4) is 11.1 Å². The van der Waals surface area contributed by atoms with Crippen molar-refractivity contribution in [2.45, 2.75) is 31.7 Å². The minimum Gasteiger partial charge on any atom is -0.478 e. The molecule has 0 bridgehead atoms. The number of rotatable bonds is 9. The Morgan fingerprint density at radius 2 is 1.64 bits per heavy atom. The smallest absolute Gasteiger partial charge is 0.407 e. The van der Waals surface area contributed by atoms with Gasteiger partial charge in [-0.3, -0.25) is 4.79 Å². The van der Waals surface area contributed by atoms with Crippen LogP contribution in [0.5, 0.6) is 0 Å². The lowest BCUT2D eigenvalue weighted by Crippen LogP contribution is -2.48. The standard InChI is InChI=1S/C24H24F2N2O5/c1-14(23(30)31)10-11-27-22(29)20(12-21(25)26)28-24(32)33-13-19-17-8-4-2-6-15(17)16-7-3-5-9-18(16)19/h2-10,19-21H,11-13H2,1H3,(H,27,29)(H,28,32)(H,30,31)/b14-10+. The number of carbonyl (C=O) groups excluding carboxylic acids is 2. The van der Waals surface area contributed by atoms with E-state index in [1.54, 1.807) is 0 Å². The van der Waals surface area contributed by atoms with E-state index in [1.807, 2.05) is 48.5 Å². The van der Waals surface area contributed by atoms with E-state index in [4.69, 9.17) is 9.84 Å². The van der Waals surface area contributed by atoms with Gasteiger partial charge in [0, 0.05) is 24.5 Å². The molecule has 1 aliphatic rings. The first-order valence-electron chi connectivity index (χ1n) is 10.3. The summed E-state index contributed by atoms with van der Waals surface area (Å²) in [7, 11) is 0. The molecule has 1 unspecified atom stereocenters. The first-order chi connectivity index (χ1) is 15.8. The molecule has 0 aromatic heterocycles. The van der Waals surface area contributed by atoms with Crippen LogP contribution in [0.3, 0.4) is 0 Å². The molecule has 9 heteroatoms. The largest absolute Gasteiger partial charge is 0.478 e. The van der Waals surface area contributed by atoms with Crippen LogP contribution in [0.15, 0.2) is 60.2 Å². The number of hydrogen-bond donors (Lipinski definition) is 3. The number of alkyl carbamates (subject to hydrolysis) is 1. The first-order valence-corrected chi connectivity index (χ1v) is 10.3. The number of aliphatic carboxylic acids is 1. The maximum atomic E-state index is 13.0. The third-order valence-corrected chi connectivity index (χ3v) is 5.39. The second kappa shape index (κ2) is 10.7. The van der Waals surface area contributed by atoms with E-state index in [0.717, 1.165) is 22.3 Å². The summed E-state index contributed by atoms with van der Waals surface area (Å²) in [6, 6.07) is 14.0. The summed E-state index contributed by atoms with van der Waals surface area (Å²) in [5.41, 5.74) is 4.07. The summed E-state index contributed by atoms with van der Waals surface area (Å²) < 4.78 is 31.2. The predicted octanol–water partition coefficient (Wildman–Crippen LogP) is 3.70. The molecule has 0 radical (unpaired) electrons. The molecule has 3 rings (SSSR count). The second-order valence-electron chi connectivity index (χ2n) is 7.59. The first kappa shape index (κ1) is 23.9. The fourth-order valence-electron chi connectivity index (χ4n) is 3.71. The lowest BCUT2D eigenvalue weighted by atomic mass is 9.98. The van der Waals surface area contributed by atoms with Crippen molar-refractivity contribution in [2.24, 2.45) is 0 Å². The summed E-state index contributed by atoms with van der Waals surface area (Å²) in [4.78, 5) is 35.4. The monoisotopic (exact) mass is 458 g/mol. The van der Waals surface area contributed by atoms with Crippen molar-refractivity contribution >= 4 is 18.0 Å². The quantitative estimate of drug-likeness (QED) is 0.497. The number of alkyl halides is 2. The van der Waals surface area contributed by atoms with Gasteiger partial charge in [-0.15, -0.1) is 0 Å². The van der Waals surface area contributed by atoms with Gasteiger partial charge in [0.05, 0.1) is 0 Å². The fourth-order valence-corrected chi connectivity index (χ4v) is 3.71. The highest BCUT2D eigenvalue weighted by atomic mass is 19.3. The van der Waals surface area contributed by atoms with E-state index in [0.29, 0.717) is 0 Å². The van der Waals surface area contributed by atoms with Gasteiger partial charge in [0.25, 0.3) is 0 Å². The summed E-state index contributed by atoms with van der Waals surface area (Å²) >= 11 is 0. The van der Waals surface area contributed by atoms with E-state index in [1.165, 1.54) is 13.0 Å². The van der Waals surface area contributed by atoms with Gasteiger partial charge in [-0.05, 0) is 29.2 Å². The maximum absolute atomic E-state index is 13.0. The summed E-state index contributed by atoms with van der Waals surface area (Å²) in [6.45, 7) is 1.13. The van der Waals surface area contributed by atoms with Crippen LogP contribution in [0.1, 0.15) is 30.4 Å². The fraction of sp³-hybridized carbons (Fsp3) is 0.292. The lowest BCUT2D eigenvalue weighted by Gasteiger charge is -2.19. The number of benzene rings is 2. The molecule has 0 saturated carbocycles. The van der Waals surface area contributed by atoms with E-state index in [-0.39, 0.29) is 24.6 Å². The predicted molar refractivity (Wildman–Crippen MR) is 117 cm³/mol. The van der Waals surface area contributed by atoms with Crippen molar-refractivity contribution in [3.63, 3.8) is 0 Å². The number of fused-ring (bicyclic) bond motifs is 3. The summed E-state index contributed by atoms with van der Waals surface area (Å²) in [5.74, 6) is -2.24. The maximum Gasteiger partial charge on any atom is 0.407 e. The molecular formula is C24H24F2N2O5. The Bertz CT molecular complexity index is 1020. The van der Waals surface area contributed by atoms with Crippen LogP contribution in [-0.2, 0) is 14.3 Å². The van der Waals surface area contributed by atoms with Crippen LogP contribution >= 0.6 is 0 Å². The Labute approximate surface area is 189 Å². The Hall–Kier alpha value is -3.75. The van der Waals surface area contributed by atoms with Gasteiger partial charge in [-0.25, -0.2) is 18.4 Å². The Morgan fingerprint density at radius 1 is 1.06 bits per heavy atom. The highest BCUT2D eigenvalue weighted by molar-refractivity contribution is 5.87. The average molecular weight is 458 g/mol. The van der Waals surface area contributed by atoms with E-state index >= 15 is 0 Å². The van der Waals surface area contributed by atoms with Crippen molar-refractivity contribution < 1.29 is 33.0 Å². The number of hydrogen-bond acceptors (Lipinski definition) is 4. The minimum atomic E-state index is -2.84. The van der Waals surface area contributed by atoms with Gasteiger partial charge in [-0.1, -0.05) is 54.6 Å². The molecule has 0 heterocycles. The lowest BCUT2D eigenvalue weighted by molar-refractivity contribution is -0.132. The van der Waals surface area contributed by atoms with Crippen LogP contribution in [0.4, 0.5) is 13.6 Å². The van der Waals surface area contributed by atoms with Crippen molar-refractivity contribution in [1.82, 2.24) is 10.6 Å². The Balaban J connectivity index is 1.62. The van der Waals surface area contributed by atoms with Gasteiger partial charge >= 0.3 is 12.1 Å². The molecule has 0 aliphatic heterocycles. The molecule has 33 heavy (non-hydrogen) atoms. The molecular weight excluding hydrogens is 434 g/mol. The van der Waals surface area contributed by atoms with E-state index in [9.17, 15) is 23.2 Å².